The lowest BCUT2D eigenvalue weighted by Crippen LogP contribution is -2.27. The number of rotatable bonds is 5. The van der Waals surface area contributed by atoms with Gasteiger partial charge in [-0.2, -0.15) is 5.10 Å². The van der Waals surface area contributed by atoms with Crippen LogP contribution in [-0.4, -0.2) is 42.5 Å². The van der Waals surface area contributed by atoms with Crippen molar-refractivity contribution in [2.45, 2.75) is 18.7 Å². The van der Waals surface area contributed by atoms with E-state index in [0.29, 0.717) is 22.0 Å². The maximum absolute atomic E-state index is 12.9. The van der Waals surface area contributed by atoms with Gasteiger partial charge in [0.15, 0.2) is 5.69 Å². The molecule has 31 heavy (non-hydrogen) atoms. The second kappa shape index (κ2) is 8.62. The molecule has 10 heteroatoms. The molecule has 3 aromatic rings. The third kappa shape index (κ3) is 4.68. The zero-order valence-electron chi connectivity index (χ0n) is 17.4. The van der Waals surface area contributed by atoms with Crippen LogP contribution in [-0.2, 0) is 10.0 Å². The minimum absolute atomic E-state index is 0.0221. The summed E-state index contributed by atoms with van der Waals surface area (Å²) in [6, 6.07) is 12.5. The van der Waals surface area contributed by atoms with Gasteiger partial charge in [0.1, 0.15) is 0 Å². The van der Waals surface area contributed by atoms with Gasteiger partial charge in [0.25, 0.3) is 5.91 Å². The average Bonchev–Trinajstić information content (AvgIpc) is 2.70. The number of nitrogens with zero attached hydrogens (tertiary/aromatic N) is 3. The minimum atomic E-state index is -3.69. The molecular weight excluding hydrogens is 440 g/mol. The first-order valence-electron chi connectivity index (χ1n) is 9.22. The second-order valence-electron chi connectivity index (χ2n) is 7.11. The van der Waals surface area contributed by atoms with Gasteiger partial charge < -0.3 is 5.32 Å². The number of carbonyl (C=O) groups is 1. The molecule has 0 aliphatic heterocycles. The highest BCUT2D eigenvalue weighted by Gasteiger charge is 2.20. The van der Waals surface area contributed by atoms with E-state index in [-0.39, 0.29) is 16.3 Å². The van der Waals surface area contributed by atoms with Crippen LogP contribution in [0.15, 0.2) is 58.2 Å². The molecule has 1 aromatic heterocycles. The molecular formula is C21H21ClN4O4S. The third-order valence-electron chi connectivity index (χ3n) is 4.63. The molecule has 0 aliphatic rings. The highest BCUT2D eigenvalue weighted by Crippen LogP contribution is 2.22. The summed E-state index contributed by atoms with van der Waals surface area (Å²) in [6.45, 7) is 3.42. The van der Waals surface area contributed by atoms with Gasteiger partial charge in [-0.15, -0.1) is 0 Å². The van der Waals surface area contributed by atoms with Crippen molar-refractivity contribution in [3.8, 4) is 5.69 Å². The third-order valence-corrected chi connectivity index (χ3v) is 6.69. The summed E-state index contributed by atoms with van der Waals surface area (Å²) in [6.07, 6.45) is 0. The quantitative estimate of drug-likeness (QED) is 0.630. The Morgan fingerprint density at radius 1 is 1.06 bits per heavy atom. The van der Waals surface area contributed by atoms with Gasteiger partial charge in [-0.25, -0.2) is 17.4 Å². The topological polar surface area (TPSA) is 101 Å². The number of amides is 1. The van der Waals surface area contributed by atoms with E-state index in [1.54, 1.807) is 44.2 Å². The molecule has 0 unspecified atom stereocenters. The molecule has 0 saturated carbocycles. The molecule has 8 nitrogen and oxygen atoms in total. The predicted molar refractivity (Wildman–Crippen MR) is 120 cm³/mol. The standard InChI is InChI=1S/C21H21ClN4O4S/c1-13-5-10-17(31(29,30)25(3)4)12-18(13)23-21(28)20-19(27)11-14(2)26(24-20)16-8-6-15(22)7-9-16/h5-12H,1-4H3,(H,23,28). The van der Waals surface area contributed by atoms with Crippen LogP contribution < -0.4 is 10.7 Å². The SMILES string of the molecule is Cc1ccc(S(=O)(=O)N(C)C)cc1NC(=O)c1nn(-c2ccc(Cl)cc2)c(C)cc1=O. The van der Waals surface area contributed by atoms with Gasteiger partial charge >= 0.3 is 0 Å². The molecule has 0 saturated heterocycles. The van der Waals surface area contributed by atoms with Crippen molar-refractivity contribution >= 4 is 33.2 Å². The molecule has 2 aromatic carbocycles. The maximum atomic E-state index is 12.9. The summed E-state index contributed by atoms with van der Waals surface area (Å²) in [5.41, 5.74) is 1.21. The van der Waals surface area contributed by atoms with Crippen molar-refractivity contribution in [1.82, 2.24) is 14.1 Å². The van der Waals surface area contributed by atoms with Gasteiger partial charge in [-0.3, -0.25) is 9.59 Å². The van der Waals surface area contributed by atoms with Gasteiger partial charge in [0, 0.05) is 36.6 Å². The molecule has 0 radical (unpaired) electrons. The fraction of sp³-hybridized carbons (Fsp3) is 0.190. The van der Waals surface area contributed by atoms with Crippen LogP contribution in [0.1, 0.15) is 21.7 Å². The first-order chi connectivity index (χ1) is 14.5. The van der Waals surface area contributed by atoms with Crippen LogP contribution in [0.3, 0.4) is 0 Å². The number of sulfonamides is 1. The number of anilines is 1. The molecule has 1 N–H and O–H groups in total. The normalized spacial score (nSPS) is 11.5. The van der Waals surface area contributed by atoms with Crippen molar-refractivity contribution in [1.29, 1.82) is 0 Å². The van der Waals surface area contributed by atoms with Gasteiger partial charge in [-0.1, -0.05) is 17.7 Å². The van der Waals surface area contributed by atoms with Gasteiger partial charge in [0.2, 0.25) is 15.5 Å². The summed E-state index contributed by atoms with van der Waals surface area (Å²) in [4.78, 5) is 25.3. The predicted octanol–water partition coefficient (Wildman–Crippen LogP) is 3.01. The fourth-order valence-corrected chi connectivity index (χ4v) is 3.89. The lowest BCUT2D eigenvalue weighted by molar-refractivity contribution is 0.101. The number of halogens is 1. The van der Waals surface area contributed by atoms with E-state index in [9.17, 15) is 18.0 Å². The number of aromatic nitrogens is 2. The average molecular weight is 461 g/mol. The summed E-state index contributed by atoms with van der Waals surface area (Å²) in [5, 5.41) is 7.37. The maximum Gasteiger partial charge on any atom is 0.280 e. The van der Waals surface area contributed by atoms with E-state index < -0.39 is 21.4 Å². The molecule has 3 rings (SSSR count). The lowest BCUT2D eigenvalue weighted by atomic mass is 10.2. The molecule has 0 fully saturated rings. The highest BCUT2D eigenvalue weighted by molar-refractivity contribution is 7.89. The van der Waals surface area contributed by atoms with E-state index in [4.69, 9.17) is 11.6 Å². The van der Waals surface area contributed by atoms with E-state index >= 15 is 0 Å². The van der Waals surface area contributed by atoms with Crippen molar-refractivity contribution < 1.29 is 13.2 Å². The Kier molecular flexibility index (Phi) is 6.30. The number of nitrogens with one attached hydrogen (secondary N) is 1. The van der Waals surface area contributed by atoms with Crippen molar-refractivity contribution in [3.63, 3.8) is 0 Å². The van der Waals surface area contributed by atoms with E-state index in [0.717, 1.165) is 4.31 Å². The molecule has 0 spiro atoms. The summed E-state index contributed by atoms with van der Waals surface area (Å²) in [7, 11) is -0.848. The first kappa shape index (κ1) is 22.7. The van der Waals surface area contributed by atoms with Crippen molar-refractivity contribution in [3.05, 3.63) is 80.7 Å². The number of hydrogen-bond donors (Lipinski definition) is 1. The smallest absolute Gasteiger partial charge is 0.280 e. The van der Waals surface area contributed by atoms with Crippen LogP contribution in [0.25, 0.3) is 5.69 Å². The largest absolute Gasteiger partial charge is 0.320 e. The van der Waals surface area contributed by atoms with Crippen LogP contribution in [0, 0.1) is 13.8 Å². The Morgan fingerprint density at radius 3 is 2.32 bits per heavy atom. The number of benzene rings is 2. The fourth-order valence-electron chi connectivity index (χ4n) is 2.84. The van der Waals surface area contributed by atoms with Crippen molar-refractivity contribution in [2.24, 2.45) is 0 Å². The van der Waals surface area contributed by atoms with E-state index in [1.807, 2.05) is 0 Å². The Morgan fingerprint density at radius 2 is 1.71 bits per heavy atom. The Balaban J connectivity index is 2.00. The zero-order chi connectivity index (χ0) is 22.9. The van der Waals surface area contributed by atoms with Crippen LogP contribution in [0.5, 0.6) is 0 Å². The summed E-state index contributed by atoms with van der Waals surface area (Å²) < 4.78 is 27.4. The minimum Gasteiger partial charge on any atom is -0.320 e. The molecule has 162 valence electrons. The first-order valence-corrected chi connectivity index (χ1v) is 11.0. The zero-order valence-corrected chi connectivity index (χ0v) is 19.0. The second-order valence-corrected chi connectivity index (χ2v) is 9.69. The Labute approximate surface area is 185 Å². The molecule has 0 aliphatic carbocycles. The van der Waals surface area contributed by atoms with Gasteiger partial charge in [0.05, 0.1) is 10.6 Å². The van der Waals surface area contributed by atoms with Crippen molar-refractivity contribution in [2.75, 3.05) is 19.4 Å². The van der Waals surface area contributed by atoms with Crippen LogP contribution >= 0.6 is 11.6 Å². The van der Waals surface area contributed by atoms with Gasteiger partial charge in [-0.05, 0) is 55.8 Å². The highest BCUT2D eigenvalue weighted by atomic mass is 35.5. The van der Waals surface area contributed by atoms with Crippen LogP contribution in [0.2, 0.25) is 5.02 Å². The molecule has 1 amide bonds. The van der Waals surface area contributed by atoms with E-state index in [1.165, 1.54) is 37.0 Å². The molecule has 0 bridgehead atoms. The lowest BCUT2D eigenvalue weighted by Gasteiger charge is -2.15. The van der Waals surface area contributed by atoms with E-state index in [2.05, 4.69) is 10.4 Å². The van der Waals surface area contributed by atoms with Crippen LogP contribution in [0.4, 0.5) is 5.69 Å². The molecule has 1 heterocycles. The summed E-state index contributed by atoms with van der Waals surface area (Å²) in [5.74, 6) is -0.741. The monoisotopic (exact) mass is 460 g/mol. The Bertz CT molecular complexity index is 1320. The number of hydrogen-bond acceptors (Lipinski definition) is 5. The molecule has 0 atom stereocenters. The Hall–Kier alpha value is -3.01. The number of aryl methyl sites for hydroxylation is 2. The summed E-state index contributed by atoms with van der Waals surface area (Å²) >= 11 is 5.93. The number of carbonyl (C=O) groups excluding carboxylic acids is 1.